The zero-order chi connectivity index (χ0) is 9.23. The molecule has 0 aliphatic heterocycles. The summed E-state index contributed by atoms with van der Waals surface area (Å²) in [5, 5.41) is 2.83. The SMILES string of the molecule is [CH2]CCCC(=O)NCCCCN. The molecule has 0 aliphatic rings. The highest BCUT2D eigenvalue weighted by molar-refractivity contribution is 5.75. The van der Waals surface area contributed by atoms with E-state index in [1.165, 1.54) is 0 Å². The molecule has 0 spiro atoms. The molecule has 12 heavy (non-hydrogen) atoms. The summed E-state index contributed by atoms with van der Waals surface area (Å²) in [7, 11) is 0. The first-order chi connectivity index (χ1) is 5.81. The minimum Gasteiger partial charge on any atom is -0.356 e. The van der Waals surface area contributed by atoms with Gasteiger partial charge >= 0.3 is 0 Å². The van der Waals surface area contributed by atoms with Gasteiger partial charge in [-0.05, 0) is 25.8 Å². The zero-order valence-corrected chi connectivity index (χ0v) is 7.64. The number of hydrogen-bond acceptors (Lipinski definition) is 2. The van der Waals surface area contributed by atoms with E-state index in [0.29, 0.717) is 13.0 Å². The number of hydrogen-bond donors (Lipinski definition) is 2. The maximum absolute atomic E-state index is 11.0. The summed E-state index contributed by atoms with van der Waals surface area (Å²) in [6.07, 6.45) is 4.27. The Hall–Kier alpha value is -0.570. The summed E-state index contributed by atoms with van der Waals surface area (Å²) < 4.78 is 0. The Labute approximate surface area is 74.7 Å². The van der Waals surface area contributed by atoms with Crippen LogP contribution in [0.25, 0.3) is 0 Å². The Morgan fingerprint density at radius 3 is 2.67 bits per heavy atom. The minimum absolute atomic E-state index is 0.135. The maximum atomic E-state index is 11.0. The summed E-state index contributed by atoms with van der Waals surface area (Å²) in [5.74, 6) is 0.135. The van der Waals surface area contributed by atoms with Gasteiger partial charge in [0.1, 0.15) is 0 Å². The van der Waals surface area contributed by atoms with E-state index < -0.39 is 0 Å². The van der Waals surface area contributed by atoms with E-state index in [9.17, 15) is 4.79 Å². The van der Waals surface area contributed by atoms with Crippen molar-refractivity contribution in [3.05, 3.63) is 6.92 Å². The number of unbranched alkanes of at least 4 members (excludes halogenated alkanes) is 2. The van der Waals surface area contributed by atoms with Crippen molar-refractivity contribution in [2.24, 2.45) is 5.73 Å². The topological polar surface area (TPSA) is 55.1 Å². The molecule has 0 aromatic rings. The maximum Gasteiger partial charge on any atom is 0.219 e. The van der Waals surface area contributed by atoms with Crippen LogP contribution in [0.1, 0.15) is 32.1 Å². The number of carbonyl (C=O) groups is 1. The fourth-order valence-corrected chi connectivity index (χ4v) is 0.871. The molecule has 0 rings (SSSR count). The molecular formula is C9H19N2O. The Morgan fingerprint density at radius 2 is 2.08 bits per heavy atom. The van der Waals surface area contributed by atoms with E-state index in [-0.39, 0.29) is 5.91 Å². The molecule has 0 saturated carbocycles. The van der Waals surface area contributed by atoms with Gasteiger partial charge in [0.05, 0.1) is 0 Å². The van der Waals surface area contributed by atoms with Gasteiger partial charge in [-0.3, -0.25) is 4.79 Å². The van der Waals surface area contributed by atoms with Gasteiger partial charge in [0.2, 0.25) is 5.91 Å². The van der Waals surface area contributed by atoms with Crippen LogP contribution in [-0.2, 0) is 4.79 Å². The van der Waals surface area contributed by atoms with Gasteiger partial charge in [-0.2, -0.15) is 0 Å². The quantitative estimate of drug-likeness (QED) is 0.558. The third kappa shape index (κ3) is 7.54. The number of nitrogens with one attached hydrogen (secondary N) is 1. The molecule has 0 unspecified atom stereocenters. The van der Waals surface area contributed by atoms with Crippen molar-refractivity contribution in [3.63, 3.8) is 0 Å². The fourth-order valence-electron chi connectivity index (χ4n) is 0.871. The normalized spacial score (nSPS) is 9.83. The van der Waals surface area contributed by atoms with E-state index in [1.807, 2.05) is 0 Å². The van der Waals surface area contributed by atoms with Crippen molar-refractivity contribution in [2.75, 3.05) is 13.1 Å². The van der Waals surface area contributed by atoms with Gasteiger partial charge in [0, 0.05) is 13.0 Å². The molecule has 1 radical (unpaired) electrons. The van der Waals surface area contributed by atoms with Crippen LogP contribution in [0.15, 0.2) is 0 Å². The average Bonchev–Trinajstić information content (AvgIpc) is 2.09. The van der Waals surface area contributed by atoms with E-state index >= 15 is 0 Å². The molecule has 0 atom stereocenters. The molecular weight excluding hydrogens is 152 g/mol. The van der Waals surface area contributed by atoms with Crippen molar-refractivity contribution >= 4 is 5.91 Å². The first kappa shape index (κ1) is 11.4. The van der Waals surface area contributed by atoms with Crippen LogP contribution in [0.5, 0.6) is 0 Å². The average molecular weight is 171 g/mol. The molecule has 0 aliphatic carbocycles. The monoisotopic (exact) mass is 171 g/mol. The van der Waals surface area contributed by atoms with Crippen molar-refractivity contribution in [2.45, 2.75) is 32.1 Å². The highest BCUT2D eigenvalue weighted by Gasteiger charge is 1.97. The zero-order valence-electron chi connectivity index (χ0n) is 7.64. The Morgan fingerprint density at radius 1 is 1.33 bits per heavy atom. The largest absolute Gasteiger partial charge is 0.356 e. The Bertz CT molecular complexity index is 115. The second kappa shape index (κ2) is 8.53. The highest BCUT2D eigenvalue weighted by Crippen LogP contribution is 1.92. The van der Waals surface area contributed by atoms with Crippen molar-refractivity contribution < 1.29 is 4.79 Å². The Balaban J connectivity index is 3.08. The predicted octanol–water partition coefficient (Wildman–Crippen LogP) is 0.846. The molecule has 0 saturated heterocycles. The minimum atomic E-state index is 0.135. The molecule has 0 aromatic carbocycles. The van der Waals surface area contributed by atoms with Crippen LogP contribution in [0.3, 0.4) is 0 Å². The van der Waals surface area contributed by atoms with Crippen molar-refractivity contribution in [3.8, 4) is 0 Å². The van der Waals surface area contributed by atoms with Gasteiger partial charge in [-0.25, -0.2) is 0 Å². The van der Waals surface area contributed by atoms with Crippen LogP contribution in [-0.4, -0.2) is 19.0 Å². The van der Waals surface area contributed by atoms with Crippen molar-refractivity contribution in [1.82, 2.24) is 5.32 Å². The highest BCUT2D eigenvalue weighted by atomic mass is 16.1. The van der Waals surface area contributed by atoms with Crippen LogP contribution in [0, 0.1) is 6.92 Å². The fraction of sp³-hybridized carbons (Fsp3) is 0.778. The molecule has 0 heterocycles. The van der Waals surface area contributed by atoms with Crippen molar-refractivity contribution in [1.29, 1.82) is 0 Å². The molecule has 3 N–H and O–H groups in total. The third-order valence-corrected chi connectivity index (χ3v) is 1.61. The summed E-state index contributed by atoms with van der Waals surface area (Å²) >= 11 is 0. The van der Waals surface area contributed by atoms with E-state index in [2.05, 4.69) is 12.2 Å². The molecule has 71 valence electrons. The third-order valence-electron chi connectivity index (χ3n) is 1.61. The van der Waals surface area contributed by atoms with Crippen LogP contribution >= 0.6 is 0 Å². The summed E-state index contributed by atoms with van der Waals surface area (Å²) in [5.41, 5.74) is 5.30. The molecule has 3 nitrogen and oxygen atoms in total. The molecule has 0 bridgehead atoms. The summed E-state index contributed by atoms with van der Waals surface area (Å²) in [6.45, 7) is 5.13. The summed E-state index contributed by atoms with van der Waals surface area (Å²) in [6, 6.07) is 0. The predicted molar refractivity (Wildman–Crippen MR) is 50.5 cm³/mol. The number of amides is 1. The standard InChI is InChI=1S/C9H19N2O/c1-2-3-6-9(12)11-8-5-4-7-10/h1-8,10H2,(H,11,12). The lowest BCUT2D eigenvalue weighted by molar-refractivity contribution is -0.121. The van der Waals surface area contributed by atoms with Gasteiger partial charge in [0.15, 0.2) is 0 Å². The first-order valence-electron chi connectivity index (χ1n) is 4.57. The Kier molecular flexibility index (Phi) is 8.12. The number of rotatable bonds is 7. The lowest BCUT2D eigenvalue weighted by Crippen LogP contribution is -2.24. The molecule has 0 fully saturated rings. The van der Waals surface area contributed by atoms with Crippen LogP contribution in [0.2, 0.25) is 0 Å². The summed E-state index contributed by atoms with van der Waals surface area (Å²) in [4.78, 5) is 11.0. The second-order valence-electron chi connectivity index (χ2n) is 2.80. The second-order valence-corrected chi connectivity index (χ2v) is 2.80. The van der Waals surface area contributed by atoms with E-state index in [0.717, 1.165) is 32.2 Å². The number of carbonyl (C=O) groups excluding carboxylic acids is 1. The lowest BCUT2D eigenvalue weighted by Gasteiger charge is -2.02. The van der Waals surface area contributed by atoms with E-state index in [4.69, 9.17) is 5.73 Å². The molecule has 3 heteroatoms. The number of nitrogens with two attached hydrogens (primary N) is 1. The van der Waals surface area contributed by atoms with Gasteiger partial charge in [-0.15, -0.1) is 0 Å². The van der Waals surface area contributed by atoms with Crippen LogP contribution < -0.4 is 11.1 Å². The first-order valence-corrected chi connectivity index (χ1v) is 4.57. The van der Waals surface area contributed by atoms with Gasteiger partial charge < -0.3 is 11.1 Å². The van der Waals surface area contributed by atoms with E-state index in [1.54, 1.807) is 0 Å². The molecule has 1 amide bonds. The van der Waals surface area contributed by atoms with Gasteiger partial charge in [0.25, 0.3) is 0 Å². The molecule has 0 aromatic heterocycles. The smallest absolute Gasteiger partial charge is 0.219 e. The van der Waals surface area contributed by atoms with Crippen LogP contribution in [0.4, 0.5) is 0 Å². The lowest BCUT2D eigenvalue weighted by atomic mass is 10.2. The van der Waals surface area contributed by atoms with Gasteiger partial charge in [-0.1, -0.05) is 13.3 Å².